The molecule has 1 aliphatic carbocycles. The zero-order valence-electron chi connectivity index (χ0n) is 19.4. The van der Waals surface area contributed by atoms with Gasteiger partial charge in [0.25, 0.3) is 0 Å². The van der Waals surface area contributed by atoms with Gasteiger partial charge in [0.05, 0.1) is 0 Å². The van der Waals surface area contributed by atoms with Crippen LogP contribution in [0, 0.1) is 6.92 Å². The Labute approximate surface area is 199 Å². The van der Waals surface area contributed by atoms with Crippen molar-refractivity contribution in [3.05, 3.63) is 78.5 Å². The van der Waals surface area contributed by atoms with Gasteiger partial charge >= 0.3 is 5.97 Å². The number of para-hydroxylation sites is 2. The summed E-state index contributed by atoms with van der Waals surface area (Å²) in [5, 5.41) is 3.75. The van der Waals surface area contributed by atoms with Gasteiger partial charge in [0.2, 0.25) is 0 Å². The van der Waals surface area contributed by atoms with Crippen molar-refractivity contribution < 1.29 is 14.3 Å². The maximum absolute atomic E-state index is 12.6. The summed E-state index contributed by atoms with van der Waals surface area (Å²) in [6, 6.07) is 21.3. The molecule has 0 saturated heterocycles. The van der Waals surface area contributed by atoms with Crippen LogP contribution in [0.4, 0.5) is 5.82 Å². The van der Waals surface area contributed by atoms with Gasteiger partial charge in [0, 0.05) is 17.8 Å². The third kappa shape index (κ3) is 4.91. The third-order valence-electron chi connectivity index (χ3n) is 6.19. The third-order valence-corrected chi connectivity index (χ3v) is 6.19. The van der Waals surface area contributed by atoms with E-state index in [2.05, 4.69) is 35.0 Å². The lowest BCUT2D eigenvalue weighted by Gasteiger charge is -2.24. The second-order valence-corrected chi connectivity index (χ2v) is 8.79. The molecule has 34 heavy (non-hydrogen) atoms. The monoisotopic (exact) mass is 455 g/mol. The standard InChI is InChI=1S/C28H29N3O3/c1-20-16-17-31-25(18-20)30-27(28(31)29-21-10-4-2-5-11-21)23-14-8-9-15-24(23)34-26(32)19-33-22-12-6-3-7-13-22/h3,6-9,12-18,21,29H,2,4-5,10-11,19H2,1H3. The molecule has 2 heterocycles. The molecule has 4 aromatic rings. The summed E-state index contributed by atoms with van der Waals surface area (Å²) < 4.78 is 13.4. The van der Waals surface area contributed by atoms with E-state index in [1.807, 2.05) is 48.5 Å². The van der Waals surface area contributed by atoms with E-state index in [1.165, 1.54) is 19.3 Å². The number of aromatic nitrogens is 2. The van der Waals surface area contributed by atoms with Gasteiger partial charge in [-0.2, -0.15) is 0 Å². The Hall–Kier alpha value is -3.80. The largest absolute Gasteiger partial charge is 0.482 e. The van der Waals surface area contributed by atoms with Crippen molar-refractivity contribution in [3.63, 3.8) is 0 Å². The Morgan fingerprint density at radius 3 is 2.62 bits per heavy atom. The van der Waals surface area contributed by atoms with Crippen LogP contribution in [-0.2, 0) is 4.79 Å². The number of esters is 1. The smallest absolute Gasteiger partial charge is 0.349 e. The first kappa shape index (κ1) is 22.0. The van der Waals surface area contributed by atoms with E-state index in [4.69, 9.17) is 14.5 Å². The van der Waals surface area contributed by atoms with Crippen molar-refractivity contribution in [2.45, 2.75) is 45.1 Å². The summed E-state index contributed by atoms with van der Waals surface area (Å²) in [4.78, 5) is 17.5. The number of fused-ring (bicyclic) bond motifs is 1. The summed E-state index contributed by atoms with van der Waals surface area (Å²) in [5.74, 6) is 1.57. The fourth-order valence-corrected chi connectivity index (χ4v) is 4.47. The Kier molecular flexibility index (Phi) is 6.47. The van der Waals surface area contributed by atoms with E-state index in [0.29, 0.717) is 17.5 Å². The number of hydrogen-bond donors (Lipinski definition) is 1. The summed E-state index contributed by atoms with van der Waals surface area (Å²) in [5.41, 5.74) is 3.56. The van der Waals surface area contributed by atoms with Crippen molar-refractivity contribution in [2.75, 3.05) is 11.9 Å². The van der Waals surface area contributed by atoms with Crippen LogP contribution in [0.3, 0.4) is 0 Å². The number of carbonyl (C=O) groups is 1. The number of rotatable bonds is 7. The Morgan fingerprint density at radius 1 is 1.03 bits per heavy atom. The quantitative estimate of drug-likeness (QED) is 0.272. The molecule has 1 N–H and O–H groups in total. The van der Waals surface area contributed by atoms with Gasteiger partial charge in [-0.15, -0.1) is 0 Å². The van der Waals surface area contributed by atoms with Crippen LogP contribution in [0.15, 0.2) is 72.9 Å². The predicted molar refractivity (Wildman–Crippen MR) is 133 cm³/mol. The normalized spacial score (nSPS) is 14.1. The van der Waals surface area contributed by atoms with Crippen LogP contribution in [0.2, 0.25) is 0 Å². The number of pyridine rings is 1. The van der Waals surface area contributed by atoms with E-state index in [0.717, 1.165) is 41.1 Å². The van der Waals surface area contributed by atoms with Crippen molar-refractivity contribution >= 4 is 17.4 Å². The number of nitrogens with one attached hydrogen (secondary N) is 1. The number of anilines is 1. The summed E-state index contributed by atoms with van der Waals surface area (Å²) in [7, 11) is 0. The lowest BCUT2D eigenvalue weighted by atomic mass is 9.95. The number of hydrogen-bond acceptors (Lipinski definition) is 5. The van der Waals surface area contributed by atoms with Gasteiger partial charge in [-0.25, -0.2) is 9.78 Å². The molecule has 0 spiro atoms. The molecule has 0 amide bonds. The highest BCUT2D eigenvalue weighted by Crippen LogP contribution is 2.36. The molecular weight excluding hydrogens is 426 g/mol. The maximum atomic E-state index is 12.6. The van der Waals surface area contributed by atoms with Crippen molar-refractivity contribution in [1.29, 1.82) is 0 Å². The molecule has 2 aromatic heterocycles. The first-order chi connectivity index (χ1) is 16.7. The predicted octanol–water partition coefficient (Wildman–Crippen LogP) is 6.04. The first-order valence-electron chi connectivity index (χ1n) is 11.9. The second-order valence-electron chi connectivity index (χ2n) is 8.79. The van der Waals surface area contributed by atoms with E-state index in [1.54, 1.807) is 6.07 Å². The van der Waals surface area contributed by atoms with E-state index in [-0.39, 0.29) is 6.61 Å². The fraction of sp³-hybridized carbons (Fsp3) is 0.286. The lowest BCUT2D eigenvalue weighted by Crippen LogP contribution is -2.23. The molecule has 0 unspecified atom stereocenters. The highest BCUT2D eigenvalue weighted by molar-refractivity contribution is 5.83. The molecule has 1 fully saturated rings. The zero-order valence-corrected chi connectivity index (χ0v) is 19.4. The molecular formula is C28H29N3O3. The highest BCUT2D eigenvalue weighted by Gasteiger charge is 2.22. The second kappa shape index (κ2) is 10.00. The SMILES string of the molecule is Cc1ccn2c(NC3CCCCC3)c(-c3ccccc3OC(=O)COc3ccccc3)nc2c1. The van der Waals surface area contributed by atoms with Gasteiger partial charge in [-0.05, 0) is 61.7 Å². The average Bonchev–Trinajstić information content (AvgIpc) is 3.21. The molecule has 1 aliphatic rings. The van der Waals surface area contributed by atoms with Crippen molar-refractivity contribution in [3.8, 4) is 22.8 Å². The molecule has 174 valence electrons. The Bertz CT molecular complexity index is 1280. The number of benzene rings is 2. The number of ether oxygens (including phenoxy) is 2. The lowest BCUT2D eigenvalue weighted by molar-refractivity contribution is -0.136. The van der Waals surface area contributed by atoms with Gasteiger partial charge in [0.1, 0.15) is 28.7 Å². The van der Waals surface area contributed by atoms with Gasteiger partial charge in [0.15, 0.2) is 6.61 Å². The van der Waals surface area contributed by atoms with E-state index >= 15 is 0 Å². The molecule has 0 aliphatic heterocycles. The highest BCUT2D eigenvalue weighted by atomic mass is 16.6. The average molecular weight is 456 g/mol. The molecule has 5 rings (SSSR count). The molecule has 0 radical (unpaired) electrons. The molecule has 1 saturated carbocycles. The van der Waals surface area contributed by atoms with Crippen LogP contribution >= 0.6 is 0 Å². The molecule has 0 bridgehead atoms. The van der Waals surface area contributed by atoms with Crippen LogP contribution in [0.1, 0.15) is 37.7 Å². The van der Waals surface area contributed by atoms with Crippen molar-refractivity contribution in [1.82, 2.24) is 9.38 Å². The zero-order chi connectivity index (χ0) is 23.3. The van der Waals surface area contributed by atoms with E-state index < -0.39 is 5.97 Å². The Balaban J connectivity index is 1.45. The Morgan fingerprint density at radius 2 is 1.79 bits per heavy atom. The number of imidazole rings is 1. The molecule has 2 aromatic carbocycles. The van der Waals surface area contributed by atoms with Crippen molar-refractivity contribution in [2.24, 2.45) is 0 Å². The summed E-state index contributed by atoms with van der Waals surface area (Å²) >= 11 is 0. The van der Waals surface area contributed by atoms with Gasteiger partial charge in [-0.1, -0.05) is 49.6 Å². The fourth-order valence-electron chi connectivity index (χ4n) is 4.47. The number of carbonyl (C=O) groups excluding carboxylic acids is 1. The van der Waals surface area contributed by atoms with Crippen LogP contribution in [0.5, 0.6) is 11.5 Å². The van der Waals surface area contributed by atoms with Gasteiger partial charge < -0.3 is 14.8 Å². The summed E-state index contributed by atoms with van der Waals surface area (Å²) in [6.45, 7) is 1.89. The summed E-state index contributed by atoms with van der Waals surface area (Å²) in [6.07, 6.45) is 8.10. The van der Waals surface area contributed by atoms with Crippen LogP contribution in [-0.4, -0.2) is 28.0 Å². The minimum absolute atomic E-state index is 0.171. The van der Waals surface area contributed by atoms with Crippen LogP contribution in [0.25, 0.3) is 16.9 Å². The number of nitrogens with zero attached hydrogens (tertiary/aromatic N) is 2. The van der Waals surface area contributed by atoms with E-state index in [9.17, 15) is 4.79 Å². The number of aryl methyl sites for hydroxylation is 1. The minimum Gasteiger partial charge on any atom is -0.482 e. The molecule has 0 atom stereocenters. The molecule has 6 heteroatoms. The van der Waals surface area contributed by atoms with Gasteiger partial charge in [-0.3, -0.25) is 4.40 Å². The topological polar surface area (TPSA) is 64.9 Å². The first-order valence-corrected chi connectivity index (χ1v) is 11.9. The van der Waals surface area contributed by atoms with Crippen LogP contribution < -0.4 is 14.8 Å². The minimum atomic E-state index is -0.460. The molecule has 6 nitrogen and oxygen atoms in total. The maximum Gasteiger partial charge on any atom is 0.349 e.